The van der Waals surface area contributed by atoms with E-state index in [-0.39, 0.29) is 11.8 Å². The van der Waals surface area contributed by atoms with Crippen LogP contribution in [0.2, 0.25) is 0 Å². The highest BCUT2D eigenvalue weighted by atomic mass is 16.1. The van der Waals surface area contributed by atoms with E-state index in [1.807, 2.05) is 0 Å². The van der Waals surface area contributed by atoms with Gasteiger partial charge >= 0.3 is 0 Å². The minimum Gasteiger partial charge on any atom is -0.368 e. The van der Waals surface area contributed by atoms with Crippen LogP contribution in [0.3, 0.4) is 0 Å². The molecule has 1 saturated carbocycles. The average molecular weight is 295 g/mol. The molecule has 0 radical (unpaired) electrons. The number of carbonyl (C=O) groups is 1. The molecule has 1 amide bonds. The van der Waals surface area contributed by atoms with Gasteiger partial charge in [0.15, 0.2) is 0 Å². The standard InChI is InChI=1S/C17H33N3O/c1-3-16(4-2)9-12-20(13-10-16)11-7-14-6-5-8-17(14,19)15(18)21/h14H,3-13,19H2,1-2H3,(H2,18,21). The summed E-state index contributed by atoms with van der Waals surface area (Å²) in [5, 5.41) is 0. The van der Waals surface area contributed by atoms with Gasteiger partial charge in [0, 0.05) is 0 Å². The van der Waals surface area contributed by atoms with E-state index < -0.39 is 5.54 Å². The molecule has 2 aliphatic rings. The second kappa shape index (κ2) is 6.66. The van der Waals surface area contributed by atoms with E-state index in [0.717, 1.165) is 32.2 Å². The minimum absolute atomic E-state index is 0.277. The normalized spacial score (nSPS) is 33.2. The Kier molecular flexibility index (Phi) is 5.31. The van der Waals surface area contributed by atoms with E-state index in [1.165, 1.54) is 38.8 Å². The molecule has 2 atom stereocenters. The fourth-order valence-corrected chi connectivity index (χ4v) is 4.38. The van der Waals surface area contributed by atoms with Crippen LogP contribution in [0, 0.1) is 11.3 Å². The van der Waals surface area contributed by atoms with Gasteiger partial charge in [-0.2, -0.15) is 0 Å². The fraction of sp³-hybridized carbons (Fsp3) is 0.941. The molecule has 2 rings (SSSR count). The van der Waals surface area contributed by atoms with Crippen molar-refractivity contribution in [1.82, 2.24) is 4.90 Å². The van der Waals surface area contributed by atoms with Crippen molar-refractivity contribution in [2.45, 2.75) is 70.8 Å². The first-order chi connectivity index (χ1) is 9.96. The molecule has 0 bridgehead atoms. The van der Waals surface area contributed by atoms with Gasteiger partial charge in [0.05, 0.1) is 5.54 Å². The second-order valence-corrected chi connectivity index (χ2v) is 7.33. The van der Waals surface area contributed by atoms with Crippen LogP contribution in [-0.2, 0) is 4.79 Å². The topological polar surface area (TPSA) is 72.3 Å². The fourth-order valence-electron chi connectivity index (χ4n) is 4.38. The molecule has 1 aliphatic heterocycles. The largest absolute Gasteiger partial charge is 0.368 e. The van der Waals surface area contributed by atoms with Crippen LogP contribution in [0.15, 0.2) is 0 Å². The lowest BCUT2D eigenvalue weighted by Gasteiger charge is -2.41. The highest BCUT2D eigenvalue weighted by Crippen LogP contribution is 2.39. The zero-order chi connectivity index (χ0) is 15.5. The first kappa shape index (κ1) is 16.8. The maximum Gasteiger partial charge on any atom is 0.237 e. The van der Waals surface area contributed by atoms with Gasteiger partial charge in [0.25, 0.3) is 0 Å². The summed E-state index contributed by atoms with van der Waals surface area (Å²) in [4.78, 5) is 14.2. The van der Waals surface area contributed by atoms with Crippen LogP contribution < -0.4 is 11.5 Å². The Morgan fingerprint density at radius 2 is 1.81 bits per heavy atom. The summed E-state index contributed by atoms with van der Waals surface area (Å²) in [6.45, 7) is 8.12. The van der Waals surface area contributed by atoms with Crippen molar-refractivity contribution in [3.05, 3.63) is 0 Å². The Balaban J connectivity index is 1.81. The maximum atomic E-state index is 11.6. The molecule has 122 valence electrons. The molecule has 1 heterocycles. The van der Waals surface area contributed by atoms with Crippen LogP contribution in [0.4, 0.5) is 0 Å². The van der Waals surface area contributed by atoms with Crippen molar-refractivity contribution in [2.24, 2.45) is 22.8 Å². The summed E-state index contributed by atoms with van der Waals surface area (Å²) in [7, 11) is 0. The molecule has 0 aromatic carbocycles. The molecule has 2 unspecified atom stereocenters. The molecular formula is C17H33N3O. The van der Waals surface area contributed by atoms with Gasteiger partial charge in [-0.05, 0) is 63.1 Å². The Hall–Kier alpha value is -0.610. The number of hydrogen-bond donors (Lipinski definition) is 2. The molecule has 0 spiro atoms. The smallest absolute Gasteiger partial charge is 0.237 e. The Morgan fingerprint density at radius 3 is 2.33 bits per heavy atom. The summed E-state index contributed by atoms with van der Waals surface area (Å²) in [5.41, 5.74) is 11.6. The third kappa shape index (κ3) is 3.42. The maximum absolute atomic E-state index is 11.6. The van der Waals surface area contributed by atoms with Crippen LogP contribution in [0.1, 0.15) is 65.2 Å². The first-order valence-corrected chi connectivity index (χ1v) is 8.77. The van der Waals surface area contributed by atoms with E-state index in [2.05, 4.69) is 18.7 Å². The van der Waals surface area contributed by atoms with Crippen molar-refractivity contribution in [2.75, 3.05) is 19.6 Å². The molecule has 0 aromatic rings. The van der Waals surface area contributed by atoms with Crippen molar-refractivity contribution in [3.63, 3.8) is 0 Å². The van der Waals surface area contributed by atoms with E-state index in [1.54, 1.807) is 0 Å². The van der Waals surface area contributed by atoms with Crippen molar-refractivity contribution < 1.29 is 4.79 Å². The number of amides is 1. The molecule has 21 heavy (non-hydrogen) atoms. The number of primary amides is 1. The van der Waals surface area contributed by atoms with E-state index >= 15 is 0 Å². The summed E-state index contributed by atoms with van der Waals surface area (Å²) in [5.74, 6) is -0.0290. The van der Waals surface area contributed by atoms with Gasteiger partial charge in [-0.3, -0.25) is 4.79 Å². The van der Waals surface area contributed by atoms with Gasteiger partial charge < -0.3 is 16.4 Å². The van der Waals surface area contributed by atoms with Gasteiger partial charge in [0.1, 0.15) is 0 Å². The van der Waals surface area contributed by atoms with E-state index in [4.69, 9.17) is 11.5 Å². The highest BCUT2D eigenvalue weighted by Gasteiger charge is 2.44. The Labute approximate surface area is 129 Å². The van der Waals surface area contributed by atoms with E-state index in [9.17, 15) is 4.79 Å². The van der Waals surface area contributed by atoms with Gasteiger partial charge in [0.2, 0.25) is 5.91 Å². The van der Waals surface area contributed by atoms with Crippen molar-refractivity contribution >= 4 is 5.91 Å². The summed E-state index contributed by atoms with van der Waals surface area (Å²) in [6, 6.07) is 0. The van der Waals surface area contributed by atoms with Crippen molar-refractivity contribution in [1.29, 1.82) is 0 Å². The number of rotatable bonds is 6. The van der Waals surface area contributed by atoms with E-state index in [0.29, 0.717) is 5.41 Å². The highest BCUT2D eigenvalue weighted by molar-refractivity contribution is 5.85. The number of piperidine rings is 1. The number of likely N-dealkylation sites (tertiary alicyclic amines) is 1. The van der Waals surface area contributed by atoms with Crippen LogP contribution in [-0.4, -0.2) is 36.0 Å². The number of nitrogens with two attached hydrogens (primary N) is 2. The summed E-state index contributed by atoms with van der Waals surface area (Å²) >= 11 is 0. The van der Waals surface area contributed by atoms with Gasteiger partial charge in [-0.15, -0.1) is 0 Å². The third-order valence-electron chi connectivity index (χ3n) is 6.54. The van der Waals surface area contributed by atoms with Crippen molar-refractivity contribution in [3.8, 4) is 0 Å². The lowest BCUT2D eigenvalue weighted by Crippen LogP contribution is -2.55. The first-order valence-electron chi connectivity index (χ1n) is 8.77. The summed E-state index contributed by atoms with van der Waals surface area (Å²) < 4.78 is 0. The molecule has 1 aliphatic carbocycles. The molecule has 4 heteroatoms. The van der Waals surface area contributed by atoms with Gasteiger partial charge in [-0.25, -0.2) is 0 Å². The zero-order valence-corrected chi connectivity index (χ0v) is 13.9. The van der Waals surface area contributed by atoms with Crippen LogP contribution in [0.5, 0.6) is 0 Å². The molecular weight excluding hydrogens is 262 g/mol. The molecule has 1 saturated heterocycles. The molecule has 4 N–H and O–H groups in total. The number of nitrogens with zero attached hydrogens (tertiary/aromatic N) is 1. The minimum atomic E-state index is -0.744. The van der Waals surface area contributed by atoms with Gasteiger partial charge in [-0.1, -0.05) is 33.1 Å². The quantitative estimate of drug-likeness (QED) is 0.789. The SMILES string of the molecule is CCC1(CC)CCN(CCC2CCCC2(N)C(N)=O)CC1. The average Bonchev–Trinajstić information content (AvgIpc) is 2.88. The third-order valence-corrected chi connectivity index (χ3v) is 6.54. The molecule has 4 nitrogen and oxygen atoms in total. The molecule has 0 aromatic heterocycles. The molecule has 2 fully saturated rings. The summed E-state index contributed by atoms with van der Waals surface area (Å²) in [6.07, 6.45) is 9.11. The number of carbonyl (C=O) groups excluding carboxylic acids is 1. The monoisotopic (exact) mass is 295 g/mol. The Bertz CT molecular complexity index is 357. The number of hydrogen-bond acceptors (Lipinski definition) is 3. The predicted octanol–water partition coefficient (Wildman–Crippen LogP) is 2.26. The van der Waals surface area contributed by atoms with Crippen LogP contribution in [0.25, 0.3) is 0 Å². The lowest BCUT2D eigenvalue weighted by atomic mass is 9.74. The van der Waals surface area contributed by atoms with Crippen LogP contribution >= 0.6 is 0 Å². The second-order valence-electron chi connectivity index (χ2n) is 7.33. The lowest BCUT2D eigenvalue weighted by molar-refractivity contribution is -0.124. The Morgan fingerprint density at radius 1 is 1.19 bits per heavy atom. The predicted molar refractivity (Wildman–Crippen MR) is 86.8 cm³/mol. The zero-order valence-electron chi connectivity index (χ0n) is 13.9.